The lowest BCUT2D eigenvalue weighted by molar-refractivity contribution is 0.910. The largest absolute Gasteiger partial charge is 0.321 e. The van der Waals surface area contributed by atoms with Gasteiger partial charge in [0.15, 0.2) is 0 Å². The van der Waals surface area contributed by atoms with Gasteiger partial charge in [-0.15, -0.1) is 6.58 Å². The van der Waals surface area contributed by atoms with E-state index < -0.39 is 0 Å². The number of hydrogen-bond acceptors (Lipinski definition) is 2. The fraction of sp³-hybridized carbons (Fsp3) is 0.100. The third-order valence-electron chi connectivity index (χ3n) is 1.75. The van der Waals surface area contributed by atoms with Crippen LogP contribution in [0.3, 0.4) is 0 Å². The lowest BCUT2D eigenvalue weighted by Crippen LogP contribution is -2.08. The Balaban J connectivity index is 3.25. The van der Waals surface area contributed by atoms with E-state index in [0.717, 1.165) is 0 Å². The van der Waals surface area contributed by atoms with Crippen LogP contribution in [0.25, 0.3) is 0 Å². The Labute approximate surface area is 82.2 Å². The summed E-state index contributed by atoms with van der Waals surface area (Å²) in [5.41, 5.74) is 6.96. The molecule has 0 saturated heterocycles. The molecular weight excluding hydrogens is 184 g/mol. The monoisotopic (exact) mass is 192 g/mol. The maximum atomic E-state index is 8.77. The van der Waals surface area contributed by atoms with Crippen LogP contribution in [0.2, 0.25) is 5.02 Å². The second-order valence-corrected chi connectivity index (χ2v) is 3.04. The van der Waals surface area contributed by atoms with E-state index in [9.17, 15) is 0 Å². The second kappa shape index (κ2) is 4.08. The Morgan fingerprint density at radius 3 is 2.85 bits per heavy atom. The van der Waals surface area contributed by atoms with Gasteiger partial charge in [0, 0.05) is 11.1 Å². The first-order chi connectivity index (χ1) is 6.19. The van der Waals surface area contributed by atoms with Crippen LogP contribution >= 0.6 is 11.6 Å². The first-order valence-electron chi connectivity index (χ1n) is 3.76. The molecule has 13 heavy (non-hydrogen) atoms. The Hall–Kier alpha value is -1.30. The molecule has 0 bridgehead atoms. The average Bonchev–Trinajstić information content (AvgIpc) is 2.16. The van der Waals surface area contributed by atoms with Gasteiger partial charge in [0.1, 0.15) is 0 Å². The van der Waals surface area contributed by atoms with Crippen LogP contribution in [0, 0.1) is 11.3 Å². The van der Waals surface area contributed by atoms with Crippen molar-refractivity contribution in [2.75, 3.05) is 0 Å². The first kappa shape index (κ1) is 9.79. The predicted molar refractivity (Wildman–Crippen MR) is 53.3 cm³/mol. The molecule has 0 unspecified atom stereocenters. The van der Waals surface area contributed by atoms with Gasteiger partial charge in [0.2, 0.25) is 0 Å². The minimum absolute atomic E-state index is 0.339. The van der Waals surface area contributed by atoms with Crippen molar-refractivity contribution in [2.24, 2.45) is 5.73 Å². The van der Waals surface area contributed by atoms with Gasteiger partial charge in [-0.2, -0.15) is 5.26 Å². The quantitative estimate of drug-likeness (QED) is 0.732. The summed E-state index contributed by atoms with van der Waals surface area (Å²) in [5.74, 6) is 0. The van der Waals surface area contributed by atoms with E-state index >= 15 is 0 Å². The molecule has 0 amide bonds. The molecule has 0 radical (unpaired) electrons. The van der Waals surface area contributed by atoms with Crippen LogP contribution in [0.5, 0.6) is 0 Å². The molecular formula is C10H9ClN2. The minimum Gasteiger partial charge on any atom is -0.321 e. The van der Waals surface area contributed by atoms with Crippen molar-refractivity contribution < 1.29 is 0 Å². The molecule has 66 valence electrons. The highest BCUT2D eigenvalue weighted by Gasteiger charge is 2.07. The highest BCUT2D eigenvalue weighted by atomic mass is 35.5. The van der Waals surface area contributed by atoms with Crippen molar-refractivity contribution in [1.82, 2.24) is 0 Å². The third-order valence-corrected chi connectivity index (χ3v) is 1.98. The number of rotatable bonds is 2. The lowest BCUT2D eigenvalue weighted by atomic mass is 10.0. The number of halogens is 1. The SMILES string of the molecule is C=C[C@@H](N)c1cc(Cl)ccc1C#N. The second-order valence-electron chi connectivity index (χ2n) is 2.60. The summed E-state index contributed by atoms with van der Waals surface area (Å²) < 4.78 is 0. The van der Waals surface area contributed by atoms with Gasteiger partial charge in [-0.1, -0.05) is 17.7 Å². The Morgan fingerprint density at radius 2 is 2.31 bits per heavy atom. The van der Waals surface area contributed by atoms with E-state index in [4.69, 9.17) is 22.6 Å². The van der Waals surface area contributed by atoms with Crippen molar-refractivity contribution in [3.8, 4) is 6.07 Å². The molecule has 0 spiro atoms. The summed E-state index contributed by atoms with van der Waals surface area (Å²) in [7, 11) is 0. The molecule has 0 heterocycles. The average molecular weight is 193 g/mol. The summed E-state index contributed by atoms with van der Waals surface area (Å²) in [5, 5.41) is 9.35. The zero-order chi connectivity index (χ0) is 9.84. The topological polar surface area (TPSA) is 49.8 Å². The minimum atomic E-state index is -0.339. The van der Waals surface area contributed by atoms with E-state index in [-0.39, 0.29) is 6.04 Å². The fourth-order valence-corrected chi connectivity index (χ4v) is 1.22. The number of hydrogen-bond donors (Lipinski definition) is 1. The van der Waals surface area contributed by atoms with Gasteiger partial charge in [0.25, 0.3) is 0 Å². The molecule has 0 fully saturated rings. The molecule has 0 aromatic heterocycles. The fourth-order valence-electron chi connectivity index (χ4n) is 1.04. The van der Waals surface area contributed by atoms with E-state index in [1.165, 1.54) is 0 Å². The molecule has 0 saturated carbocycles. The van der Waals surface area contributed by atoms with Crippen molar-refractivity contribution in [1.29, 1.82) is 5.26 Å². The van der Waals surface area contributed by atoms with Crippen LogP contribution in [0.15, 0.2) is 30.9 Å². The third kappa shape index (κ3) is 2.09. The normalized spacial score (nSPS) is 11.8. The summed E-state index contributed by atoms with van der Waals surface area (Å²) in [6, 6.07) is 6.72. The maximum absolute atomic E-state index is 8.77. The number of benzene rings is 1. The van der Waals surface area contributed by atoms with Gasteiger partial charge >= 0.3 is 0 Å². The van der Waals surface area contributed by atoms with Gasteiger partial charge in [-0.3, -0.25) is 0 Å². The van der Waals surface area contributed by atoms with E-state index in [2.05, 4.69) is 12.6 Å². The highest BCUT2D eigenvalue weighted by molar-refractivity contribution is 6.30. The smallest absolute Gasteiger partial charge is 0.0995 e. The molecule has 1 aromatic rings. The van der Waals surface area contributed by atoms with Gasteiger partial charge < -0.3 is 5.73 Å². The molecule has 2 nitrogen and oxygen atoms in total. The molecule has 0 aliphatic rings. The van der Waals surface area contributed by atoms with Crippen LogP contribution < -0.4 is 5.73 Å². The lowest BCUT2D eigenvalue weighted by Gasteiger charge is -2.08. The molecule has 3 heteroatoms. The van der Waals surface area contributed by atoms with Gasteiger partial charge in [-0.05, 0) is 23.8 Å². The molecule has 1 rings (SSSR count). The van der Waals surface area contributed by atoms with Crippen molar-refractivity contribution in [2.45, 2.75) is 6.04 Å². The van der Waals surface area contributed by atoms with Crippen LogP contribution in [0.1, 0.15) is 17.2 Å². The van der Waals surface area contributed by atoms with Crippen molar-refractivity contribution >= 4 is 11.6 Å². The highest BCUT2D eigenvalue weighted by Crippen LogP contribution is 2.20. The summed E-state index contributed by atoms with van der Waals surface area (Å²) in [6.45, 7) is 3.56. The van der Waals surface area contributed by atoms with Crippen LogP contribution in [-0.4, -0.2) is 0 Å². The molecule has 0 aliphatic heterocycles. The predicted octanol–water partition coefficient (Wildman–Crippen LogP) is 2.40. The molecule has 1 aromatic carbocycles. The van der Waals surface area contributed by atoms with Crippen LogP contribution in [-0.2, 0) is 0 Å². The van der Waals surface area contributed by atoms with E-state index in [1.54, 1.807) is 24.3 Å². The first-order valence-corrected chi connectivity index (χ1v) is 4.14. The molecule has 0 aliphatic carbocycles. The van der Waals surface area contributed by atoms with E-state index in [1.807, 2.05) is 0 Å². The number of nitrogens with two attached hydrogens (primary N) is 1. The van der Waals surface area contributed by atoms with Crippen molar-refractivity contribution in [3.63, 3.8) is 0 Å². The Kier molecular flexibility index (Phi) is 3.07. The summed E-state index contributed by atoms with van der Waals surface area (Å²) >= 11 is 5.78. The maximum Gasteiger partial charge on any atom is 0.0995 e. The Bertz CT molecular complexity index is 366. The molecule has 2 N–H and O–H groups in total. The zero-order valence-corrected chi connectivity index (χ0v) is 7.75. The summed E-state index contributed by atoms with van der Waals surface area (Å²) in [6.07, 6.45) is 1.58. The van der Waals surface area contributed by atoms with Crippen molar-refractivity contribution in [3.05, 3.63) is 47.0 Å². The standard InChI is InChI=1S/C10H9ClN2/c1-2-10(13)9-5-8(11)4-3-7(9)6-12/h2-5,10H,1,13H2/t10-/m1/s1. The number of nitriles is 1. The summed E-state index contributed by atoms with van der Waals surface area (Å²) in [4.78, 5) is 0. The number of nitrogens with zero attached hydrogens (tertiary/aromatic N) is 1. The van der Waals surface area contributed by atoms with Gasteiger partial charge in [0.05, 0.1) is 11.6 Å². The van der Waals surface area contributed by atoms with E-state index in [0.29, 0.717) is 16.1 Å². The van der Waals surface area contributed by atoms with Gasteiger partial charge in [-0.25, -0.2) is 0 Å². The molecule has 1 atom stereocenters. The Morgan fingerprint density at radius 1 is 1.62 bits per heavy atom. The van der Waals surface area contributed by atoms with Crippen LogP contribution in [0.4, 0.5) is 0 Å². The zero-order valence-electron chi connectivity index (χ0n) is 7.00.